The highest BCUT2D eigenvalue weighted by Crippen LogP contribution is 2.25. The highest BCUT2D eigenvalue weighted by atomic mass is 32.2. The van der Waals surface area contributed by atoms with Gasteiger partial charge in [-0.05, 0) is 79.2 Å². The van der Waals surface area contributed by atoms with Crippen LogP contribution in [0.3, 0.4) is 0 Å². The number of sulfonamides is 2. The number of benzene rings is 4. The zero-order valence-corrected chi connectivity index (χ0v) is 25.5. The molecule has 0 fully saturated rings. The fourth-order valence-electron chi connectivity index (χ4n) is 4.20. The predicted octanol–water partition coefficient (Wildman–Crippen LogP) is 3.68. The molecule has 236 valence electrons. The number of carbonyl (C=O) groups is 2. The standard InChI is InChI=1S/C31H30F2N4O6S2/c32-24-12-16-26(17-13-24)36(44(40,41)28-8-3-1-4-9-28)22-30(38)34-20-7-21-35-31(39)23-37(27-18-14-25(33)15-19-27)45(42,43)29-10-5-2-6-11-29/h1-6,8-19H,7,20-23H2,(H,34,38)(H,35,39). The third-order valence-electron chi connectivity index (χ3n) is 6.46. The maximum Gasteiger partial charge on any atom is 0.264 e. The second-order valence-electron chi connectivity index (χ2n) is 9.66. The number of nitrogens with one attached hydrogen (secondary N) is 2. The molecule has 0 aromatic heterocycles. The monoisotopic (exact) mass is 656 g/mol. The van der Waals surface area contributed by atoms with Crippen molar-refractivity contribution in [1.82, 2.24) is 10.6 Å². The molecule has 45 heavy (non-hydrogen) atoms. The first kappa shape index (κ1) is 33.1. The molecule has 2 amide bonds. The van der Waals surface area contributed by atoms with E-state index >= 15 is 0 Å². The molecule has 14 heteroatoms. The van der Waals surface area contributed by atoms with Crippen molar-refractivity contribution < 1.29 is 35.2 Å². The van der Waals surface area contributed by atoms with E-state index in [1.807, 2.05) is 0 Å². The number of amides is 2. The van der Waals surface area contributed by atoms with Gasteiger partial charge in [0.15, 0.2) is 0 Å². The van der Waals surface area contributed by atoms with Crippen LogP contribution >= 0.6 is 0 Å². The molecule has 4 aromatic carbocycles. The molecule has 0 aliphatic rings. The molecule has 0 bridgehead atoms. The Bertz CT molecular complexity index is 1670. The normalized spacial score (nSPS) is 11.4. The smallest absolute Gasteiger partial charge is 0.264 e. The number of anilines is 2. The van der Waals surface area contributed by atoms with Crippen LogP contribution in [0.2, 0.25) is 0 Å². The number of halogens is 2. The van der Waals surface area contributed by atoms with E-state index in [1.54, 1.807) is 36.4 Å². The maximum atomic E-state index is 13.5. The Balaban J connectivity index is 1.34. The van der Waals surface area contributed by atoms with Crippen LogP contribution in [0.5, 0.6) is 0 Å². The maximum absolute atomic E-state index is 13.5. The lowest BCUT2D eigenvalue weighted by atomic mass is 10.3. The van der Waals surface area contributed by atoms with Crippen LogP contribution in [-0.4, -0.2) is 54.8 Å². The Morgan fingerprint density at radius 3 is 1.20 bits per heavy atom. The minimum Gasteiger partial charge on any atom is -0.354 e. The Kier molecular flexibility index (Phi) is 10.9. The van der Waals surface area contributed by atoms with E-state index in [1.165, 1.54) is 48.5 Å². The van der Waals surface area contributed by atoms with Gasteiger partial charge in [0.1, 0.15) is 24.7 Å². The molecular formula is C31H30F2N4O6S2. The lowest BCUT2D eigenvalue weighted by molar-refractivity contribution is -0.119. The Labute approximate surface area is 260 Å². The van der Waals surface area contributed by atoms with Crippen LogP contribution in [0.25, 0.3) is 0 Å². The van der Waals surface area contributed by atoms with E-state index in [2.05, 4.69) is 10.6 Å². The van der Waals surface area contributed by atoms with E-state index in [9.17, 15) is 35.2 Å². The first-order chi connectivity index (χ1) is 21.5. The minimum atomic E-state index is -4.16. The van der Waals surface area contributed by atoms with Crippen molar-refractivity contribution in [2.75, 3.05) is 34.8 Å². The summed E-state index contributed by atoms with van der Waals surface area (Å²) >= 11 is 0. The molecule has 0 saturated heterocycles. The molecule has 0 aliphatic carbocycles. The van der Waals surface area contributed by atoms with Crippen molar-refractivity contribution >= 4 is 43.2 Å². The van der Waals surface area contributed by atoms with Gasteiger partial charge in [-0.2, -0.15) is 0 Å². The SMILES string of the molecule is O=C(CN(c1ccc(F)cc1)S(=O)(=O)c1ccccc1)NCCCNC(=O)CN(c1ccc(F)cc1)S(=O)(=O)c1ccccc1. The quantitative estimate of drug-likeness (QED) is 0.199. The van der Waals surface area contributed by atoms with Crippen LogP contribution in [0.15, 0.2) is 119 Å². The third-order valence-corrected chi connectivity index (χ3v) is 10.0. The molecule has 4 rings (SSSR count). The fourth-order valence-corrected chi connectivity index (χ4v) is 7.08. The van der Waals surface area contributed by atoms with Crippen molar-refractivity contribution in [2.24, 2.45) is 0 Å². The summed E-state index contributed by atoms with van der Waals surface area (Å²) in [6, 6.07) is 24.4. The van der Waals surface area contributed by atoms with Gasteiger partial charge < -0.3 is 10.6 Å². The average molecular weight is 657 g/mol. The van der Waals surface area contributed by atoms with Gasteiger partial charge in [-0.25, -0.2) is 25.6 Å². The predicted molar refractivity (Wildman–Crippen MR) is 165 cm³/mol. The second kappa shape index (κ2) is 14.8. The molecule has 0 spiro atoms. The molecule has 0 aliphatic heterocycles. The number of hydrogen-bond donors (Lipinski definition) is 2. The summed E-state index contributed by atoms with van der Waals surface area (Å²) in [5, 5.41) is 5.19. The molecule has 0 atom stereocenters. The van der Waals surface area contributed by atoms with Gasteiger partial charge in [0.25, 0.3) is 20.0 Å². The largest absolute Gasteiger partial charge is 0.354 e. The van der Waals surface area contributed by atoms with Crippen molar-refractivity contribution in [3.05, 3.63) is 121 Å². The van der Waals surface area contributed by atoms with Gasteiger partial charge in [0.2, 0.25) is 11.8 Å². The number of carbonyl (C=O) groups excluding carboxylic acids is 2. The summed E-state index contributed by atoms with van der Waals surface area (Å²) in [5.74, 6) is -2.41. The number of nitrogens with zero attached hydrogens (tertiary/aromatic N) is 2. The summed E-state index contributed by atoms with van der Waals surface area (Å²) in [4.78, 5) is 25.4. The zero-order valence-electron chi connectivity index (χ0n) is 23.8. The van der Waals surface area contributed by atoms with Crippen LogP contribution < -0.4 is 19.2 Å². The van der Waals surface area contributed by atoms with E-state index < -0.39 is 56.6 Å². The highest BCUT2D eigenvalue weighted by Gasteiger charge is 2.28. The Hall–Kier alpha value is -4.82. The highest BCUT2D eigenvalue weighted by molar-refractivity contribution is 7.93. The lowest BCUT2D eigenvalue weighted by Gasteiger charge is -2.24. The molecular weight excluding hydrogens is 626 g/mol. The third kappa shape index (κ3) is 8.64. The van der Waals surface area contributed by atoms with Crippen LogP contribution in [-0.2, 0) is 29.6 Å². The summed E-state index contributed by atoms with van der Waals surface area (Å²) in [5.41, 5.74) is 0.192. The van der Waals surface area contributed by atoms with Gasteiger partial charge in [-0.3, -0.25) is 18.2 Å². The fraction of sp³-hybridized carbons (Fsp3) is 0.161. The summed E-state index contributed by atoms with van der Waals surface area (Å²) < 4.78 is 82.0. The minimum absolute atomic E-state index is 0.0474. The van der Waals surface area contributed by atoms with Crippen molar-refractivity contribution in [3.8, 4) is 0 Å². The van der Waals surface area contributed by atoms with Gasteiger partial charge in [-0.15, -0.1) is 0 Å². The van der Waals surface area contributed by atoms with Crippen molar-refractivity contribution in [3.63, 3.8) is 0 Å². The summed E-state index contributed by atoms with van der Waals surface area (Å²) in [7, 11) is -8.32. The number of rotatable bonds is 14. The van der Waals surface area contributed by atoms with Crippen LogP contribution in [0.4, 0.5) is 20.2 Å². The van der Waals surface area contributed by atoms with E-state index in [4.69, 9.17) is 0 Å². The number of hydrogen-bond acceptors (Lipinski definition) is 6. The molecule has 4 aromatic rings. The van der Waals surface area contributed by atoms with Gasteiger partial charge in [-0.1, -0.05) is 36.4 Å². The zero-order chi connectivity index (χ0) is 32.5. The van der Waals surface area contributed by atoms with Gasteiger partial charge in [0.05, 0.1) is 21.2 Å². The molecule has 0 unspecified atom stereocenters. The Morgan fingerprint density at radius 2 is 0.867 bits per heavy atom. The first-order valence-electron chi connectivity index (χ1n) is 13.7. The summed E-state index contributed by atoms with van der Waals surface area (Å²) in [6.45, 7) is -1.05. The first-order valence-corrected chi connectivity index (χ1v) is 16.6. The molecule has 2 N–H and O–H groups in total. The van der Waals surface area contributed by atoms with Crippen molar-refractivity contribution in [2.45, 2.75) is 16.2 Å². The molecule has 10 nitrogen and oxygen atoms in total. The average Bonchev–Trinajstić information content (AvgIpc) is 3.04. The Morgan fingerprint density at radius 1 is 0.533 bits per heavy atom. The molecule has 0 radical (unpaired) electrons. The van der Waals surface area contributed by atoms with Crippen LogP contribution in [0, 0.1) is 11.6 Å². The van der Waals surface area contributed by atoms with Gasteiger partial charge >= 0.3 is 0 Å². The van der Waals surface area contributed by atoms with E-state index in [0.29, 0.717) is 0 Å². The molecule has 0 heterocycles. The van der Waals surface area contributed by atoms with Gasteiger partial charge in [0, 0.05) is 13.1 Å². The topological polar surface area (TPSA) is 133 Å². The van der Waals surface area contributed by atoms with Crippen LogP contribution in [0.1, 0.15) is 6.42 Å². The van der Waals surface area contributed by atoms with E-state index in [-0.39, 0.29) is 40.7 Å². The molecule has 0 saturated carbocycles. The summed E-state index contributed by atoms with van der Waals surface area (Å²) in [6.07, 6.45) is 0.238. The van der Waals surface area contributed by atoms with Crippen molar-refractivity contribution in [1.29, 1.82) is 0 Å². The van der Waals surface area contributed by atoms with E-state index in [0.717, 1.165) is 32.9 Å². The lowest BCUT2D eigenvalue weighted by Crippen LogP contribution is -2.42. The second-order valence-corrected chi connectivity index (χ2v) is 13.4.